The number of nitrogens with one attached hydrogen (secondary N) is 1. The lowest BCUT2D eigenvalue weighted by Gasteiger charge is -2.37. The fourth-order valence-electron chi connectivity index (χ4n) is 2.72. The van der Waals surface area contributed by atoms with Crippen molar-refractivity contribution in [3.8, 4) is 6.07 Å². The van der Waals surface area contributed by atoms with Gasteiger partial charge in [0.1, 0.15) is 0 Å². The van der Waals surface area contributed by atoms with Gasteiger partial charge >= 0.3 is 0 Å². The molecule has 1 amide bonds. The van der Waals surface area contributed by atoms with Crippen molar-refractivity contribution in [3.63, 3.8) is 0 Å². The van der Waals surface area contributed by atoms with E-state index in [4.69, 9.17) is 5.26 Å². The largest absolute Gasteiger partial charge is 0.325 e. The fraction of sp³-hybridized carbons (Fsp3) is 0.500. The van der Waals surface area contributed by atoms with E-state index in [1.54, 1.807) is 24.3 Å². The maximum Gasteiger partial charge on any atom is 0.241 e. The molecular weight excluding hydrogens is 250 g/mol. The average Bonchev–Trinajstić information content (AvgIpc) is 2.48. The molecule has 2 unspecified atom stereocenters. The number of piperidine rings is 1. The van der Waals surface area contributed by atoms with Gasteiger partial charge in [0.2, 0.25) is 5.91 Å². The Bertz CT molecular complexity index is 503. The molecule has 1 N–H and O–H groups in total. The summed E-state index contributed by atoms with van der Waals surface area (Å²) < 4.78 is 0. The summed E-state index contributed by atoms with van der Waals surface area (Å²) in [6, 6.07) is 9.36. The number of amides is 1. The predicted molar refractivity (Wildman–Crippen MR) is 79.3 cm³/mol. The van der Waals surface area contributed by atoms with Crippen LogP contribution in [-0.2, 0) is 4.79 Å². The molecule has 106 valence electrons. The summed E-state index contributed by atoms with van der Waals surface area (Å²) in [6.07, 6.45) is 3.58. The van der Waals surface area contributed by atoms with Crippen LogP contribution in [0.15, 0.2) is 24.3 Å². The number of hydrogen-bond donors (Lipinski definition) is 1. The first kappa shape index (κ1) is 14.5. The van der Waals surface area contributed by atoms with E-state index in [0.29, 0.717) is 11.6 Å². The molecule has 1 aliphatic rings. The molecule has 1 aromatic carbocycles. The summed E-state index contributed by atoms with van der Waals surface area (Å²) in [5, 5.41) is 11.7. The Morgan fingerprint density at radius 1 is 1.40 bits per heavy atom. The maximum absolute atomic E-state index is 12.3. The molecule has 0 spiro atoms. The van der Waals surface area contributed by atoms with Crippen LogP contribution in [0.4, 0.5) is 5.69 Å². The smallest absolute Gasteiger partial charge is 0.241 e. The number of carbonyl (C=O) groups excluding carboxylic acids is 1. The maximum atomic E-state index is 12.3. The van der Waals surface area contributed by atoms with E-state index in [0.717, 1.165) is 18.7 Å². The standard InChI is InChI=1S/C16H21N3O/c1-12-5-3-4-10-19(12)13(2)16(20)18-15-8-6-14(11-17)7-9-15/h6-9,12-13H,3-5,10H2,1-2H3,(H,18,20). The highest BCUT2D eigenvalue weighted by molar-refractivity contribution is 5.94. The molecule has 1 heterocycles. The number of nitrogens with zero attached hydrogens (tertiary/aromatic N) is 2. The fourth-order valence-corrected chi connectivity index (χ4v) is 2.72. The van der Waals surface area contributed by atoms with Gasteiger partial charge in [-0.2, -0.15) is 5.26 Å². The Labute approximate surface area is 120 Å². The van der Waals surface area contributed by atoms with Gasteiger partial charge in [0.25, 0.3) is 0 Å². The van der Waals surface area contributed by atoms with Gasteiger partial charge in [0.05, 0.1) is 17.7 Å². The first-order valence-corrected chi connectivity index (χ1v) is 7.18. The number of rotatable bonds is 3. The Kier molecular flexibility index (Phi) is 4.75. The van der Waals surface area contributed by atoms with Crippen molar-refractivity contribution in [1.29, 1.82) is 5.26 Å². The third kappa shape index (κ3) is 3.37. The Hall–Kier alpha value is -1.86. The molecule has 1 fully saturated rings. The highest BCUT2D eigenvalue weighted by Crippen LogP contribution is 2.20. The Morgan fingerprint density at radius 3 is 2.70 bits per heavy atom. The van der Waals surface area contributed by atoms with Crippen LogP contribution in [-0.4, -0.2) is 29.4 Å². The molecule has 0 aliphatic carbocycles. The summed E-state index contributed by atoms with van der Waals surface area (Å²) in [4.78, 5) is 14.6. The van der Waals surface area contributed by atoms with Gasteiger partial charge in [-0.15, -0.1) is 0 Å². The van der Waals surface area contributed by atoms with Crippen LogP contribution in [0.5, 0.6) is 0 Å². The van der Waals surface area contributed by atoms with Crippen LogP contribution in [0.3, 0.4) is 0 Å². The van der Waals surface area contributed by atoms with Gasteiger partial charge in [-0.1, -0.05) is 6.42 Å². The van der Waals surface area contributed by atoms with Crippen LogP contribution in [0.2, 0.25) is 0 Å². The first-order valence-electron chi connectivity index (χ1n) is 7.18. The minimum absolute atomic E-state index is 0.0171. The van der Waals surface area contributed by atoms with E-state index < -0.39 is 0 Å². The summed E-state index contributed by atoms with van der Waals surface area (Å²) in [6.45, 7) is 5.13. The van der Waals surface area contributed by atoms with Gasteiger partial charge in [-0.25, -0.2) is 0 Å². The van der Waals surface area contributed by atoms with Gasteiger partial charge in [-0.05, 0) is 57.5 Å². The van der Waals surface area contributed by atoms with Crippen LogP contribution < -0.4 is 5.32 Å². The third-order valence-corrected chi connectivity index (χ3v) is 4.01. The normalized spacial score (nSPS) is 20.9. The lowest BCUT2D eigenvalue weighted by Crippen LogP contribution is -2.48. The molecule has 4 nitrogen and oxygen atoms in total. The lowest BCUT2D eigenvalue weighted by atomic mass is 10.0. The third-order valence-electron chi connectivity index (χ3n) is 4.01. The summed E-state index contributed by atoms with van der Waals surface area (Å²) in [5.41, 5.74) is 1.34. The monoisotopic (exact) mass is 271 g/mol. The zero-order chi connectivity index (χ0) is 14.5. The van der Waals surface area contributed by atoms with Crippen LogP contribution in [0.25, 0.3) is 0 Å². The molecule has 1 saturated heterocycles. The number of nitriles is 1. The van der Waals surface area contributed by atoms with Gasteiger partial charge in [0.15, 0.2) is 0 Å². The van der Waals surface area contributed by atoms with E-state index in [1.807, 2.05) is 6.92 Å². The van der Waals surface area contributed by atoms with E-state index in [-0.39, 0.29) is 11.9 Å². The van der Waals surface area contributed by atoms with Crippen LogP contribution in [0, 0.1) is 11.3 Å². The van der Waals surface area contributed by atoms with Gasteiger partial charge in [-0.3, -0.25) is 9.69 Å². The highest BCUT2D eigenvalue weighted by Gasteiger charge is 2.27. The molecule has 2 atom stereocenters. The number of anilines is 1. The SMILES string of the molecule is CC1CCCCN1C(C)C(=O)Nc1ccc(C#N)cc1. The van der Waals surface area contributed by atoms with Crippen molar-refractivity contribution in [2.75, 3.05) is 11.9 Å². The summed E-state index contributed by atoms with van der Waals surface area (Å²) in [5.74, 6) is 0.0171. The van der Waals surface area contributed by atoms with Gasteiger partial charge < -0.3 is 5.32 Å². The van der Waals surface area contributed by atoms with Crippen molar-refractivity contribution in [2.45, 2.75) is 45.2 Å². The first-order chi connectivity index (χ1) is 9.61. The summed E-state index contributed by atoms with van der Waals surface area (Å²) >= 11 is 0. The quantitative estimate of drug-likeness (QED) is 0.919. The molecular formula is C16H21N3O. The predicted octanol–water partition coefficient (Wildman–Crippen LogP) is 2.76. The summed E-state index contributed by atoms with van der Waals surface area (Å²) in [7, 11) is 0. The molecule has 20 heavy (non-hydrogen) atoms. The lowest BCUT2D eigenvalue weighted by molar-refractivity contribution is -0.122. The van der Waals surface area contributed by atoms with E-state index in [2.05, 4.69) is 23.2 Å². The molecule has 0 radical (unpaired) electrons. The average molecular weight is 271 g/mol. The number of likely N-dealkylation sites (tertiary alicyclic amines) is 1. The van der Waals surface area contributed by atoms with Crippen molar-refractivity contribution in [2.24, 2.45) is 0 Å². The van der Waals surface area contributed by atoms with Crippen molar-refractivity contribution in [3.05, 3.63) is 29.8 Å². The van der Waals surface area contributed by atoms with E-state index >= 15 is 0 Å². The number of benzene rings is 1. The zero-order valence-corrected chi connectivity index (χ0v) is 12.1. The van der Waals surface area contributed by atoms with E-state index in [1.165, 1.54) is 12.8 Å². The molecule has 0 bridgehead atoms. The molecule has 0 saturated carbocycles. The molecule has 1 aliphatic heterocycles. The van der Waals surface area contributed by atoms with Crippen molar-refractivity contribution >= 4 is 11.6 Å². The minimum Gasteiger partial charge on any atom is -0.325 e. The molecule has 4 heteroatoms. The Balaban J connectivity index is 1.98. The number of hydrogen-bond acceptors (Lipinski definition) is 3. The van der Waals surface area contributed by atoms with Crippen LogP contribution in [0.1, 0.15) is 38.7 Å². The second-order valence-electron chi connectivity index (χ2n) is 5.44. The van der Waals surface area contributed by atoms with E-state index in [9.17, 15) is 4.79 Å². The Morgan fingerprint density at radius 2 is 2.10 bits per heavy atom. The minimum atomic E-state index is -0.124. The van der Waals surface area contributed by atoms with Crippen molar-refractivity contribution < 1.29 is 4.79 Å². The second kappa shape index (κ2) is 6.53. The highest BCUT2D eigenvalue weighted by atomic mass is 16.2. The molecule has 1 aromatic rings. The van der Waals surface area contributed by atoms with Crippen molar-refractivity contribution in [1.82, 2.24) is 4.90 Å². The second-order valence-corrected chi connectivity index (χ2v) is 5.44. The number of carbonyl (C=O) groups is 1. The van der Waals surface area contributed by atoms with Gasteiger partial charge in [0, 0.05) is 11.7 Å². The molecule has 0 aromatic heterocycles. The zero-order valence-electron chi connectivity index (χ0n) is 12.1. The van der Waals surface area contributed by atoms with Crippen LogP contribution >= 0.6 is 0 Å². The topological polar surface area (TPSA) is 56.1 Å². The molecule has 2 rings (SSSR count).